The number of amides is 2. The first-order valence-electron chi connectivity index (χ1n) is 12.5. The summed E-state index contributed by atoms with van der Waals surface area (Å²) < 4.78 is 11.9. The molecule has 0 aliphatic carbocycles. The van der Waals surface area contributed by atoms with Gasteiger partial charge in [0.2, 0.25) is 12.3 Å². The fourth-order valence-corrected chi connectivity index (χ4v) is 4.64. The number of ether oxygens (including phenoxy) is 2. The van der Waals surface area contributed by atoms with Crippen LogP contribution in [-0.4, -0.2) is 45.1 Å². The summed E-state index contributed by atoms with van der Waals surface area (Å²) in [6, 6.07) is 17.4. The second kappa shape index (κ2) is 12.7. The van der Waals surface area contributed by atoms with E-state index in [-0.39, 0.29) is 24.6 Å². The molecule has 0 saturated heterocycles. The molecule has 3 aromatic carbocycles. The Hall–Kier alpha value is -3.75. The van der Waals surface area contributed by atoms with Crippen molar-refractivity contribution in [3.8, 4) is 22.6 Å². The van der Waals surface area contributed by atoms with Gasteiger partial charge in [-0.2, -0.15) is 0 Å². The summed E-state index contributed by atoms with van der Waals surface area (Å²) in [6.07, 6.45) is 1.45. The molecule has 0 fully saturated rings. The van der Waals surface area contributed by atoms with E-state index in [9.17, 15) is 9.59 Å². The molecule has 200 valence electrons. The number of fused-ring (bicyclic) bond motifs is 3. The number of halogens is 1. The highest BCUT2D eigenvalue weighted by Gasteiger charge is 2.21. The van der Waals surface area contributed by atoms with Crippen molar-refractivity contribution in [1.29, 1.82) is 0 Å². The third kappa shape index (κ3) is 6.38. The van der Waals surface area contributed by atoms with E-state index in [4.69, 9.17) is 21.1 Å². The van der Waals surface area contributed by atoms with E-state index >= 15 is 0 Å². The summed E-state index contributed by atoms with van der Waals surface area (Å²) in [5.41, 5.74) is 6.49. The zero-order valence-corrected chi connectivity index (χ0v) is 22.5. The van der Waals surface area contributed by atoms with Crippen LogP contribution in [0.3, 0.4) is 0 Å². The fourth-order valence-electron chi connectivity index (χ4n) is 4.49. The molecule has 2 atom stereocenters. The molecule has 4 rings (SSSR count). The van der Waals surface area contributed by atoms with Crippen molar-refractivity contribution < 1.29 is 19.1 Å². The van der Waals surface area contributed by atoms with Crippen molar-refractivity contribution >= 4 is 35.3 Å². The van der Waals surface area contributed by atoms with Crippen LogP contribution in [-0.2, 0) is 28.5 Å². The van der Waals surface area contributed by atoms with Crippen molar-refractivity contribution in [3.63, 3.8) is 0 Å². The van der Waals surface area contributed by atoms with Crippen LogP contribution < -0.4 is 30.7 Å². The number of anilines is 2. The lowest BCUT2D eigenvalue weighted by atomic mass is 9.92. The lowest BCUT2D eigenvalue weighted by Gasteiger charge is -2.26. The monoisotopic (exact) mass is 536 g/mol. The second-order valence-electron chi connectivity index (χ2n) is 9.23. The number of carbonyl (C=O) groups excluding carboxylic acids is 2. The van der Waals surface area contributed by atoms with Gasteiger partial charge in [0.25, 0.3) is 0 Å². The van der Waals surface area contributed by atoms with Crippen LogP contribution >= 0.6 is 11.6 Å². The van der Waals surface area contributed by atoms with E-state index in [0.29, 0.717) is 36.0 Å². The quantitative estimate of drug-likeness (QED) is 0.228. The maximum atomic E-state index is 12.4. The highest BCUT2D eigenvalue weighted by Crippen LogP contribution is 2.41. The number of methoxy groups -OCH3 is 1. The number of rotatable bonds is 10. The van der Waals surface area contributed by atoms with Crippen LogP contribution in [0.4, 0.5) is 11.4 Å². The van der Waals surface area contributed by atoms with Gasteiger partial charge in [0, 0.05) is 41.5 Å². The number of hydrogen-bond donors (Lipinski definition) is 4. The average Bonchev–Trinajstić information content (AvgIpc) is 2.93. The van der Waals surface area contributed by atoms with Gasteiger partial charge >= 0.3 is 0 Å². The summed E-state index contributed by atoms with van der Waals surface area (Å²) in [5, 5.41) is 12.2. The molecule has 0 saturated carbocycles. The van der Waals surface area contributed by atoms with Gasteiger partial charge in [0.05, 0.1) is 13.2 Å². The van der Waals surface area contributed by atoms with Gasteiger partial charge < -0.3 is 30.7 Å². The molecule has 4 N–H and O–H groups in total. The van der Waals surface area contributed by atoms with Crippen LogP contribution in [0.5, 0.6) is 11.5 Å². The Labute approximate surface area is 228 Å². The van der Waals surface area contributed by atoms with E-state index in [1.165, 1.54) is 0 Å². The average molecular weight is 537 g/mol. The van der Waals surface area contributed by atoms with Gasteiger partial charge in [0.15, 0.2) is 11.5 Å². The molecule has 3 aromatic rings. The van der Waals surface area contributed by atoms with Crippen molar-refractivity contribution in [2.24, 2.45) is 0 Å². The number of nitrogens with one attached hydrogen (secondary N) is 4. The van der Waals surface area contributed by atoms with Gasteiger partial charge in [-0.3, -0.25) is 9.59 Å². The molecule has 0 radical (unpaired) electrons. The van der Waals surface area contributed by atoms with Crippen molar-refractivity contribution in [2.45, 2.75) is 37.9 Å². The van der Waals surface area contributed by atoms with Gasteiger partial charge in [-0.05, 0) is 60.8 Å². The van der Waals surface area contributed by atoms with Crippen LogP contribution in [0.2, 0.25) is 0 Å². The Kier molecular flexibility index (Phi) is 9.10. The minimum absolute atomic E-state index is 0.0502. The smallest absolute Gasteiger partial charge is 0.241 e. The predicted molar refractivity (Wildman–Crippen MR) is 151 cm³/mol. The lowest BCUT2D eigenvalue weighted by Crippen LogP contribution is -2.37. The zero-order valence-electron chi connectivity index (χ0n) is 21.8. The van der Waals surface area contributed by atoms with Crippen molar-refractivity contribution in [3.05, 3.63) is 71.3 Å². The Morgan fingerprint density at radius 1 is 1.13 bits per heavy atom. The summed E-state index contributed by atoms with van der Waals surface area (Å²) in [6.45, 7) is 2.61. The highest BCUT2D eigenvalue weighted by atomic mass is 35.5. The molecule has 8 nitrogen and oxygen atoms in total. The Balaban J connectivity index is 1.62. The maximum absolute atomic E-state index is 12.4. The number of hydrogen-bond acceptors (Lipinski definition) is 6. The molecular weight excluding hydrogens is 504 g/mol. The molecule has 38 heavy (non-hydrogen) atoms. The van der Waals surface area contributed by atoms with Crippen LogP contribution in [0, 0.1) is 0 Å². The minimum Gasteiger partial charge on any atom is -0.493 e. The normalized spacial score (nSPS) is 15.0. The number of alkyl halides is 1. The lowest BCUT2D eigenvalue weighted by molar-refractivity contribution is -0.117. The van der Waals surface area contributed by atoms with E-state index < -0.39 is 0 Å². The fraction of sp³-hybridized carbons (Fsp3) is 0.310. The minimum atomic E-state index is -0.332. The molecular formula is C29H33ClN4O4. The summed E-state index contributed by atoms with van der Waals surface area (Å²) in [4.78, 5) is 23.5. The van der Waals surface area contributed by atoms with Gasteiger partial charge in [-0.15, -0.1) is 11.6 Å². The SMILES string of the molecule is CNC(C)C(=O)Nc1cc(CCl)cc(COc2cc3c(cc2OC)-c2ccccc2CC(NC=O)CN3)c1. The molecule has 0 bridgehead atoms. The third-order valence-corrected chi connectivity index (χ3v) is 6.92. The van der Waals surface area contributed by atoms with Gasteiger partial charge in [-0.1, -0.05) is 30.3 Å². The Bertz CT molecular complexity index is 1300. The molecule has 2 unspecified atom stereocenters. The Morgan fingerprint density at radius 2 is 1.92 bits per heavy atom. The second-order valence-corrected chi connectivity index (χ2v) is 9.50. The van der Waals surface area contributed by atoms with Crippen LogP contribution in [0.1, 0.15) is 23.6 Å². The van der Waals surface area contributed by atoms with Gasteiger partial charge in [-0.25, -0.2) is 0 Å². The van der Waals surface area contributed by atoms with E-state index in [1.807, 2.05) is 42.5 Å². The van der Waals surface area contributed by atoms with E-state index in [1.54, 1.807) is 21.1 Å². The summed E-state index contributed by atoms with van der Waals surface area (Å²) in [7, 11) is 3.35. The molecule has 0 spiro atoms. The Morgan fingerprint density at radius 3 is 2.66 bits per heavy atom. The predicted octanol–water partition coefficient (Wildman–Crippen LogP) is 4.31. The maximum Gasteiger partial charge on any atom is 0.241 e. The van der Waals surface area contributed by atoms with Crippen molar-refractivity contribution in [2.75, 3.05) is 31.3 Å². The largest absolute Gasteiger partial charge is 0.493 e. The molecule has 1 aliphatic heterocycles. The first-order chi connectivity index (χ1) is 18.4. The molecule has 9 heteroatoms. The number of benzene rings is 3. The van der Waals surface area contributed by atoms with Crippen LogP contribution in [0.25, 0.3) is 11.1 Å². The number of likely N-dealkylation sites (N-methyl/N-ethyl adjacent to an activating group) is 1. The first-order valence-corrected chi connectivity index (χ1v) is 13.0. The standard InChI is InChI=1S/C29H33ClN4O4/c1-18(31-2)29(36)34-22-9-19(14-30)8-20(10-22)16-38-28-13-26-25(12-27(28)37-3)24-7-5-4-6-21(24)11-23(15-32-26)33-17-35/h4-10,12-13,17-18,23,31-32H,11,14-16H2,1-3H3,(H,33,35)(H,34,36). The third-order valence-electron chi connectivity index (χ3n) is 6.62. The summed E-state index contributed by atoms with van der Waals surface area (Å²) >= 11 is 6.12. The topological polar surface area (TPSA) is 101 Å². The van der Waals surface area contributed by atoms with Crippen LogP contribution in [0.15, 0.2) is 54.6 Å². The van der Waals surface area contributed by atoms with Gasteiger partial charge in [0.1, 0.15) is 6.61 Å². The molecule has 2 amide bonds. The van der Waals surface area contributed by atoms with E-state index in [0.717, 1.165) is 39.9 Å². The molecule has 0 aromatic heterocycles. The summed E-state index contributed by atoms with van der Waals surface area (Å²) in [5.74, 6) is 1.35. The molecule has 1 heterocycles. The zero-order chi connectivity index (χ0) is 27.1. The molecule has 1 aliphatic rings. The van der Waals surface area contributed by atoms with E-state index in [2.05, 4.69) is 33.4 Å². The first kappa shape index (κ1) is 27.3. The van der Waals surface area contributed by atoms with Crippen molar-refractivity contribution in [1.82, 2.24) is 10.6 Å². The highest BCUT2D eigenvalue weighted by molar-refractivity contribution is 6.17. The number of carbonyl (C=O) groups is 2.